The van der Waals surface area contributed by atoms with Crippen LogP contribution in [0.1, 0.15) is 34.3 Å². The number of hydrogen-bond donors (Lipinski definition) is 2. The van der Waals surface area contributed by atoms with Gasteiger partial charge in [0.1, 0.15) is 0 Å². The lowest BCUT2D eigenvalue weighted by Gasteiger charge is -2.12. The summed E-state index contributed by atoms with van der Waals surface area (Å²) in [5, 5.41) is 15.3. The van der Waals surface area contributed by atoms with Crippen molar-refractivity contribution >= 4 is 29.3 Å². The molecule has 0 spiro atoms. The van der Waals surface area contributed by atoms with Crippen LogP contribution in [0.4, 0.5) is 5.69 Å². The third-order valence-corrected chi connectivity index (χ3v) is 6.85. The van der Waals surface area contributed by atoms with E-state index in [9.17, 15) is 9.59 Å². The number of nitrogens with one attached hydrogen (secondary N) is 2. The SMILES string of the molecule is Cc1ccc(-c2nnc(SCC(=O)Nc3ccccc3C(=O)NC3CC3)n2-c2ccc(C)cc2)cc1. The van der Waals surface area contributed by atoms with Crippen LogP contribution in [-0.4, -0.2) is 38.4 Å². The van der Waals surface area contributed by atoms with Crippen LogP contribution in [0.2, 0.25) is 0 Å². The summed E-state index contributed by atoms with van der Waals surface area (Å²) >= 11 is 1.30. The fourth-order valence-electron chi connectivity index (χ4n) is 3.78. The summed E-state index contributed by atoms with van der Waals surface area (Å²) in [5.41, 5.74) is 5.15. The Balaban J connectivity index is 1.35. The van der Waals surface area contributed by atoms with E-state index < -0.39 is 0 Å². The van der Waals surface area contributed by atoms with Crippen LogP contribution in [0.25, 0.3) is 17.1 Å². The average molecular weight is 498 g/mol. The van der Waals surface area contributed by atoms with Crippen LogP contribution in [0.5, 0.6) is 0 Å². The lowest BCUT2D eigenvalue weighted by atomic mass is 10.1. The van der Waals surface area contributed by atoms with Crippen molar-refractivity contribution in [3.8, 4) is 17.1 Å². The predicted octanol–water partition coefficient (Wildman–Crippen LogP) is 5.17. The van der Waals surface area contributed by atoms with E-state index in [-0.39, 0.29) is 23.6 Å². The number of rotatable bonds is 8. The van der Waals surface area contributed by atoms with Crippen molar-refractivity contribution in [2.45, 2.75) is 37.9 Å². The van der Waals surface area contributed by atoms with Gasteiger partial charge in [0.15, 0.2) is 11.0 Å². The van der Waals surface area contributed by atoms with Gasteiger partial charge in [-0.05, 0) is 51.0 Å². The Labute approximate surface area is 214 Å². The van der Waals surface area contributed by atoms with Gasteiger partial charge in [-0.1, -0.05) is 71.4 Å². The van der Waals surface area contributed by atoms with E-state index >= 15 is 0 Å². The lowest BCUT2D eigenvalue weighted by Crippen LogP contribution is -2.27. The zero-order valence-corrected chi connectivity index (χ0v) is 21.0. The highest BCUT2D eigenvalue weighted by Crippen LogP contribution is 2.29. The van der Waals surface area contributed by atoms with Crippen LogP contribution in [-0.2, 0) is 4.79 Å². The number of benzene rings is 3. The number of carbonyl (C=O) groups excluding carboxylic acids is 2. The van der Waals surface area contributed by atoms with Crippen LogP contribution in [0.15, 0.2) is 78.0 Å². The summed E-state index contributed by atoms with van der Waals surface area (Å²) < 4.78 is 1.97. The molecular weight excluding hydrogens is 470 g/mol. The van der Waals surface area contributed by atoms with Gasteiger partial charge in [-0.2, -0.15) is 0 Å². The van der Waals surface area contributed by atoms with E-state index in [2.05, 4.69) is 20.8 Å². The number of amides is 2. The standard InChI is InChI=1S/C28H27N5O2S/c1-18-7-11-20(12-8-18)26-31-32-28(33(26)22-15-9-19(2)10-16-22)36-17-25(34)30-24-6-4-3-5-23(24)27(35)29-21-13-14-21/h3-12,15-16,21H,13-14,17H2,1-2H3,(H,29,35)(H,30,34). The molecule has 4 aromatic rings. The van der Waals surface area contributed by atoms with Crippen molar-refractivity contribution in [2.24, 2.45) is 0 Å². The minimum atomic E-state index is -0.220. The smallest absolute Gasteiger partial charge is 0.253 e. The highest BCUT2D eigenvalue weighted by molar-refractivity contribution is 7.99. The van der Waals surface area contributed by atoms with E-state index in [4.69, 9.17) is 0 Å². The molecule has 0 atom stereocenters. The third-order valence-electron chi connectivity index (χ3n) is 5.93. The second kappa shape index (κ2) is 10.4. The number of nitrogens with zero attached hydrogens (tertiary/aromatic N) is 3. The topological polar surface area (TPSA) is 88.9 Å². The molecule has 0 unspecified atom stereocenters. The van der Waals surface area contributed by atoms with E-state index in [1.165, 1.54) is 11.8 Å². The molecule has 1 aliphatic carbocycles. The molecule has 5 rings (SSSR count). The van der Waals surface area contributed by atoms with Gasteiger partial charge in [0.2, 0.25) is 5.91 Å². The molecule has 3 aromatic carbocycles. The Bertz CT molecular complexity index is 1390. The van der Waals surface area contributed by atoms with Crippen LogP contribution < -0.4 is 10.6 Å². The number of hydrogen-bond acceptors (Lipinski definition) is 5. The molecule has 0 saturated heterocycles. The molecule has 2 N–H and O–H groups in total. The van der Waals surface area contributed by atoms with Crippen molar-refractivity contribution in [3.05, 3.63) is 89.5 Å². The fourth-order valence-corrected chi connectivity index (χ4v) is 4.53. The molecule has 0 radical (unpaired) electrons. The monoisotopic (exact) mass is 497 g/mol. The van der Waals surface area contributed by atoms with E-state index in [1.54, 1.807) is 24.3 Å². The average Bonchev–Trinajstić information content (AvgIpc) is 3.60. The summed E-state index contributed by atoms with van der Waals surface area (Å²) in [6.45, 7) is 4.08. The fraction of sp³-hybridized carbons (Fsp3) is 0.214. The van der Waals surface area contributed by atoms with Crippen LogP contribution in [0.3, 0.4) is 0 Å². The first-order valence-corrected chi connectivity index (χ1v) is 12.9. The number of carbonyl (C=O) groups is 2. The molecule has 36 heavy (non-hydrogen) atoms. The zero-order valence-electron chi connectivity index (χ0n) is 20.2. The van der Waals surface area contributed by atoms with Gasteiger partial charge in [0.05, 0.1) is 17.0 Å². The van der Waals surface area contributed by atoms with Crippen molar-refractivity contribution in [3.63, 3.8) is 0 Å². The van der Waals surface area contributed by atoms with Gasteiger partial charge in [-0.25, -0.2) is 0 Å². The Hall–Kier alpha value is -3.91. The van der Waals surface area contributed by atoms with Gasteiger partial charge in [-0.3, -0.25) is 14.2 Å². The van der Waals surface area contributed by atoms with Crippen molar-refractivity contribution in [1.29, 1.82) is 0 Å². The zero-order chi connectivity index (χ0) is 25.1. The number of anilines is 1. The quantitative estimate of drug-likeness (QED) is 0.328. The molecule has 1 aromatic heterocycles. The Morgan fingerprint density at radius 3 is 2.28 bits per heavy atom. The van der Waals surface area contributed by atoms with Gasteiger partial charge in [0, 0.05) is 17.3 Å². The molecule has 0 aliphatic heterocycles. The Morgan fingerprint density at radius 2 is 1.58 bits per heavy atom. The molecule has 1 aliphatic rings. The number of para-hydroxylation sites is 1. The highest BCUT2D eigenvalue weighted by Gasteiger charge is 2.25. The summed E-state index contributed by atoms with van der Waals surface area (Å²) in [4.78, 5) is 25.5. The van der Waals surface area contributed by atoms with Crippen LogP contribution in [0, 0.1) is 13.8 Å². The second-order valence-corrected chi connectivity index (χ2v) is 9.92. The molecule has 2 amide bonds. The largest absolute Gasteiger partial charge is 0.349 e. The Kier molecular flexibility index (Phi) is 6.86. The lowest BCUT2D eigenvalue weighted by molar-refractivity contribution is -0.113. The molecule has 8 heteroatoms. The molecule has 1 fully saturated rings. The summed E-state index contributed by atoms with van der Waals surface area (Å²) in [6.07, 6.45) is 2.01. The molecule has 7 nitrogen and oxygen atoms in total. The first-order valence-electron chi connectivity index (χ1n) is 11.9. The van der Waals surface area contributed by atoms with E-state index in [0.717, 1.165) is 35.2 Å². The van der Waals surface area contributed by atoms with Gasteiger partial charge < -0.3 is 10.6 Å². The molecule has 1 saturated carbocycles. The first kappa shape index (κ1) is 23.8. The number of aromatic nitrogens is 3. The Morgan fingerprint density at radius 1 is 0.917 bits per heavy atom. The molecule has 1 heterocycles. The van der Waals surface area contributed by atoms with Crippen molar-refractivity contribution in [1.82, 2.24) is 20.1 Å². The molecule has 0 bridgehead atoms. The number of aryl methyl sites for hydroxylation is 2. The minimum absolute atomic E-state index is 0.121. The van der Waals surface area contributed by atoms with E-state index in [1.807, 2.05) is 66.9 Å². The summed E-state index contributed by atoms with van der Waals surface area (Å²) in [7, 11) is 0. The molecular formula is C28H27N5O2S. The maximum atomic E-state index is 12.9. The van der Waals surface area contributed by atoms with Crippen LogP contribution >= 0.6 is 11.8 Å². The normalized spacial score (nSPS) is 12.8. The maximum Gasteiger partial charge on any atom is 0.253 e. The number of thioether (sulfide) groups is 1. The summed E-state index contributed by atoms with van der Waals surface area (Å²) in [5.74, 6) is 0.449. The van der Waals surface area contributed by atoms with Gasteiger partial charge in [-0.15, -0.1) is 10.2 Å². The van der Waals surface area contributed by atoms with Gasteiger partial charge >= 0.3 is 0 Å². The first-order chi connectivity index (χ1) is 17.5. The van der Waals surface area contributed by atoms with Crippen molar-refractivity contribution < 1.29 is 9.59 Å². The van der Waals surface area contributed by atoms with Gasteiger partial charge in [0.25, 0.3) is 5.91 Å². The van der Waals surface area contributed by atoms with Crippen molar-refractivity contribution in [2.75, 3.05) is 11.1 Å². The maximum absolute atomic E-state index is 12.9. The highest BCUT2D eigenvalue weighted by atomic mass is 32.2. The minimum Gasteiger partial charge on any atom is -0.349 e. The third kappa shape index (κ3) is 5.49. The molecule has 182 valence electrons. The predicted molar refractivity (Wildman–Crippen MR) is 143 cm³/mol. The second-order valence-electron chi connectivity index (χ2n) is 8.97. The summed E-state index contributed by atoms with van der Waals surface area (Å²) in [6, 6.07) is 23.6. The van der Waals surface area contributed by atoms with E-state index in [0.29, 0.717) is 22.2 Å².